The summed E-state index contributed by atoms with van der Waals surface area (Å²) in [6, 6.07) is 12.7. The third-order valence-corrected chi connectivity index (χ3v) is 12.2. The average Bonchev–Trinajstić information content (AvgIpc) is 3.80. The Bertz CT molecular complexity index is 1880. The van der Waals surface area contributed by atoms with E-state index in [1.165, 1.54) is 44.2 Å². The molecule has 18 heteroatoms. The summed E-state index contributed by atoms with van der Waals surface area (Å²) in [4.78, 5) is 22.8. The van der Waals surface area contributed by atoms with E-state index >= 15 is 0 Å². The van der Waals surface area contributed by atoms with E-state index in [9.17, 15) is 32.8 Å². The maximum absolute atomic E-state index is 13.3. The summed E-state index contributed by atoms with van der Waals surface area (Å²) in [7, 11) is -2.81. The first-order valence-electron chi connectivity index (χ1n) is 22.4. The van der Waals surface area contributed by atoms with Gasteiger partial charge >= 0.3 is 19.7 Å². The highest BCUT2D eigenvalue weighted by molar-refractivity contribution is 7.89. The minimum Gasteiger partial charge on any atom is -0.497 e. The Morgan fingerprint density at radius 3 is 2.02 bits per heavy atom. The predicted octanol–water partition coefficient (Wildman–Crippen LogP) is 8.59. The molecule has 0 bridgehead atoms. The zero-order valence-electron chi connectivity index (χ0n) is 42.0. The second-order valence-corrected chi connectivity index (χ2v) is 19.1. The fourth-order valence-electron chi connectivity index (χ4n) is 6.09. The number of nitrogens with one attached hydrogen (secondary N) is 2. The zero-order chi connectivity index (χ0) is 51.0. The van der Waals surface area contributed by atoms with Gasteiger partial charge in [0.1, 0.15) is 11.5 Å². The fraction of sp³-hybridized carbons (Fsp3) is 0.583. The summed E-state index contributed by atoms with van der Waals surface area (Å²) in [6.45, 7) is 26.4. The highest BCUT2D eigenvalue weighted by Gasteiger charge is 2.32. The molecule has 0 aliphatic carbocycles. The summed E-state index contributed by atoms with van der Waals surface area (Å²) in [6.07, 6.45) is 2.40. The minimum atomic E-state index is -3.93. The van der Waals surface area contributed by atoms with Crippen LogP contribution in [-0.2, 0) is 50.9 Å². The van der Waals surface area contributed by atoms with Gasteiger partial charge in [0.15, 0.2) is 6.10 Å². The number of rotatable bonds is 22. The largest absolute Gasteiger partial charge is 0.497 e. The molecular formula is C48H82N3O13PS. The smallest absolute Gasteiger partial charge is 0.404 e. The highest BCUT2D eigenvalue weighted by Crippen LogP contribution is 2.49. The van der Waals surface area contributed by atoms with Crippen molar-refractivity contribution >= 4 is 29.7 Å². The number of methoxy groups -OCH3 is 2. The number of hydrogen-bond acceptors (Lipinski definition) is 13. The van der Waals surface area contributed by atoms with Gasteiger partial charge in [0.25, 0.3) is 0 Å². The first-order valence-corrected chi connectivity index (χ1v) is 25.8. The molecule has 16 nitrogen and oxygen atoms in total. The van der Waals surface area contributed by atoms with Crippen molar-refractivity contribution in [2.24, 2.45) is 11.8 Å². The van der Waals surface area contributed by atoms with E-state index in [1.807, 2.05) is 98.9 Å². The SMILES string of the molecule is C=C(C)/C(OP(C)(=O)O[C@@H](C)C(=O)OC)=C(C)\C=C/C.CC.CC.CNCc1ccc(C[C@H](NC(=O)O)[C@H](O)CN(CC(C)C)S(=O)(=O)c2ccc(OC)cc2)cc1.OCC[C@H]1CCOC1. The standard InChI is InChI=1S/C24H35N3O6S.C14H23O5P.C6H12O2.2C2H6/c1-17(2)15-27(34(31,32)21-11-9-20(33-4)10-12-21)16-23(28)22(26-24(29)30)13-18-5-7-19(8-6-18)14-25-3;1-8-9-11(4)13(10(2)3)19-20(7,16)18-12(5)14(15)17-6;7-3-1-6-2-4-8-5-6;2*1-2/h5-12,17,22-23,25-26,28H,13-16H2,1-4H3,(H,29,30);8-9,12H,2H2,1,3-7H3;6-7H,1-5H2;2*1-2H3/b;9-8-,13-11+;;;/t22-,23+;12-,20?;6-;;/m000../s1. The number of carbonyl (C=O) groups excluding carboxylic acids is 1. The number of carboxylic acid groups (broad SMARTS) is 1. The molecule has 2 aromatic rings. The number of nitrogens with zero attached hydrogens (tertiary/aromatic N) is 1. The monoisotopic (exact) mass is 972 g/mol. The number of ether oxygens (including phenoxy) is 3. The Balaban J connectivity index is 0. The quantitative estimate of drug-likeness (QED) is 0.0323. The van der Waals surface area contributed by atoms with Gasteiger partial charge in [-0.05, 0) is 112 Å². The van der Waals surface area contributed by atoms with Gasteiger partial charge in [-0.2, -0.15) is 4.31 Å². The molecule has 1 saturated heterocycles. The van der Waals surface area contributed by atoms with Crippen LogP contribution in [0.5, 0.6) is 5.75 Å². The van der Waals surface area contributed by atoms with Crippen LogP contribution < -0.4 is 15.4 Å². The Kier molecular flexibility index (Phi) is 34.1. The van der Waals surface area contributed by atoms with Crippen LogP contribution in [0.4, 0.5) is 4.79 Å². The van der Waals surface area contributed by atoms with Crippen LogP contribution in [0.25, 0.3) is 0 Å². The minimum absolute atomic E-state index is 0.00849. The Morgan fingerprint density at radius 1 is 1.00 bits per heavy atom. The molecule has 378 valence electrons. The number of benzene rings is 2. The van der Waals surface area contributed by atoms with Crippen molar-refractivity contribution in [1.29, 1.82) is 0 Å². The zero-order valence-corrected chi connectivity index (χ0v) is 43.7. The van der Waals surface area contributed by atoms with E-state index in [1.54, 1.807) is 19.1 Å². The van der Waals surface area contributed by atoms with Gasteiger partial charge in [-0.25, -0.2) is 22.6 Å². The molecule has 5 atom stereocenters. The molecule has 1 fully saturated rings. The molecule has 1 amide bonds. The number of sulfonamides is 1. The van der Waals surface area contributed by atoms with E-state index in [2.05, 4.69) is 21.9 Å². The van der Waals surface area contributed by atoms with Crippen LogP contribution in [0.2, 0.25) is 0 Å². The fourth-order valence-corrected chi connectivity index (χ4v) is 9.05. The van der Waals surface area contributed by atoms with Gasteiger partial charge in [-0.15, -0.1) is 0 Å². The van der Waals surface area contributed by atoms with Gasteiger partial charge in [0.2, 0.25) is 10.0 Å². The number of esters is 1. The molecule has 1 aliphatic heterocycles. The average molecular weight is 972 g/mol. The van der Waals surface area contributed by atoms with Gasteiger partial charge in [0, 0.05) is 46.1 Å². The normalized spacial score (nSPS) is 15.9. The predicted molar refractivity (Wildman–Crippen MR) is 263 cm³/mol. The number of amides is 1. The molecule has 1 aliphatic rings. The maximum atomic E-state index is 13.3. The second-order valence-electron chi connectivity index (χ2n) is 15.2. The highest BCUT2D eigenvalue weighted by atomic mass is 32.2. The molecule has 1 unspecified atom stereocenters. The summed E-state index contributed by atoms with van der Waals surface area (Å²) in [5, 5.41) is 34.2. The molecule has 5 N–H and O–H groups in total. The van der Waals surface area contributed by atoms with Crippen molar-refractivity contribution in [2.45, 2.75) is 118 Å². The summed E-state index contributed by atoms with van der Waals surface area (Å²) in [5.41, 5.74) is 3.29. The molecule has 0 saturated carbocycles. The maximum Gasteiger partial charge on any atom is 0.404 e. The van der Waals surface area contributed by atoms with Crippen molar-refractivity contribution in [3.63, 3.8) is 0 Å². The van der Waals surface area contributed by atoms with Crippen LogP contribution in [0.1, 0.15) is 93.2 Å². The molecule has 3 rings (SSSR count). The van der Waals surface area contributed by atoms with Crippen LogP contribution in [0.3, 0.4) is 0 Å². The van der Waals surface area contributed by atoms with Gasteiger partial charge < -0.3 is 44.7 Å². The summed E-state index contributed by atoms with van der Waals surface area (Å²) >= 11 is 0. The topological polar surface area (TPSA) is 219 Å². The van der Waals surface area contributed by atoms with E-state index < -0.39 is 47.9 Å². The summed E-state index contributed by atoms with van der Waals surface area (Å²) < 4.78 is 65.5. The van der Waals surface area contributed by atoms with Crippen LogP contribution in [0.15, 0.2) is 89.1 Å². The van der Waals surface area contributed by atoms with Gasteiger partial charge in [0.05, 0.1) is 31.3 Å². The molecule has 2 aromatic carbocycles. The lowest BCUT2D eigenvalue weighted by Gasteiger charge is -2.30. The van der Waals surface area contributed by atoms with E-state index in [-0.39, 0.29) is 30.3 Å². The number of allylic oxidation sites excluding steroid dienone is 4. The molecule has 66 heavy (non-hydrogen) atoms. The third-order valence-electron chi connectivity index (χ3n) is 9.15. The number of aliphatic hydroxyl groups is 2. The first kappa shape index (κ1) is 64.0. The Morgan fingerprint density at radius 2 is 1.58 bits per heavy atom. The van der Waals surface area contributed by atoms with Crippen LogP contribution in [0, 0.1) is 11.8 Å². The molecule has 0 radical (unpaired) electrons. The number of aliphatic hydroxyl groups excluding tert-OH is 2. The van der Waals surface area contributed by atoms with Gasteiger partial charge in [-0.3, -0.25) is 4.52 Å². The molecular weight excluding hydrogens is 890 g/mol. The van der Waals surface area contributed by atoms with Crippen molar-refractivity contribution in [3.8, 4) is 5.75 Å². The van der Waals surface area contributed by atoms with E-state index in [4.69, 9.17) is 23.6 Å². The van der Waals surface area contributed by atoms with Crippen molar-refractivity contribution in [1.82, 2.24) is 14.9 Å². The number of hydrogen-bond donors (Lipinski definition) is 5. The second kappa shape index (κ2) is 35.1. The molecule has 0 spiro atoms. The Labute approximate surface area is 396 Å². The van der Waals surface area contributed by atoms with Crippen LogP contribution in [-0.4, -0.2) is 119 Å². The lowest BCUT2D eigenvalue weighted by atomic mass is 10.00. The molecule has 0 aromatic heterocycles. The lowest BCUT2D eigenvalue weighted by molar-refractivity contribution is -0.148. The van der Waals surface area contributed by atoms with Crippen molar-refractivity contribution in [2.75, 3.05) is 60.8 Å². The summed E-state index contributed by atoms with van der Waals surface area (Å²) in [5.74, 6) is 0.944. The van der Waals surface area contributed by atoms with Crippen LogP contribution >= 0.6 is 7.60 Å². The third kappa shape index (κ3) is 25.7. The van der Waals surface area contributed by atoms with E-state index in [0.29, 0.717) is 36.2 Å². The van der Waals surface area contributed by atoms with E-state index in [0.717, 1.165) is 42.8 Å². The Hall–Kier alpha value is -4.06. The lowest BCUT2D eigenvalue weighted by Crippen LogP contribution is -2.50. The molecule has 1 heterocycles. The van der Waals surface area contributed by atoms with Crippen molar-refractivity contribution < 1.29 is 61.1 Å². The van der Waals surface area contributed by atoms with Crippen molar-refractivity contribution in [3.05, 3.63) is 95.3 Å². The first-order chi connectivity index (χ1) is 31.1. The van der Waals surface area contributed by atoms with Gasteiger partial charge in [-0.1, -0.05) is 84.5 Å². The number of carbonyl (C=O) groups is 2.